The molecule has 0 saturated carbocycles. The van der Waals surface area contributed by atoms with Crippen LogP contribution < -0.4 is 11.4 Å². The van der Waals surface area contributed by atoms with Crippen LogP contribution in [0.5, 0.6) is 0 Å². The van der Waals surface area contributed by atoms with Crippen LogP contribution in [0.25, 0.3) is 22.3 Å². The van der Waals surface area contributed by atoms with Gasteiger partial charge in [-0.2, -0.15) is 13.2 Å². The standard InChI is InChI=1S/C19H18F3N3O/c1-18(2,3)12-6-4-11(5-7-12)16-24-15-9-8-13(19(20,21)22)10-14(15)17(26)25(16)23/h4-10H,23H2,1-3H3. The van der Waals surface area contributed by atoms with Crippen molar-refractivity contribution in [3.8, 4) is 11.4 Å². The summed E-state index contributed by atoms with van der Waals surface area (Å²) >= 11 is 0. The molecule has 2 N–H and O–H groups in total. The first-order chi connectivity index (χ1) is 12.0. The molecule has 0 fully saturated rings. The molecule has 0 unspecified atom stereocenters. The molecular weight excluding hydrogens is 343 g/mol. The molecule has 1 heterocycles. The van der Waals surface area contributed by atoms with Crippen molar-refractivity contribution in [2.24, 2.45) is 0 Å². The van der Waals surface area contributed by atoms with E-state index in [-0.39, 0.29) is 22.1 Å². The fraction of sp³-hybridized carbons (Fsp3) is 0.263. The van der Waals surface area contributed by atoms with Crippen LogP contribution in [-0.2, 0) is 11.6 Å². The normalized spacial score (nSPS) is 12.5. The monoisotopic (exact) mass is 361 g/mol. The molecule has 0 atom stereocenters. The molecule has 26 heavy (non-hydrogen) atoms. The molecule has 3 rings (SSSR count). The Bertz CT molecular complexity index is 1030. The van der Waals surface area contributed by atoms with Crippen molar-refractivity contribution < 1.29 is 13.2 Å². The van der Waals surface area contributed by atoms with E-state index in [1.807, 2.05) is 12.1 Å². The predicted molar refractivity (Wildman–Crippen MR) is 95.3 cm³/mol. The van der Waals surface area contributed by atoms with Crippen molar-refractivity contribution in [3.05, 3.63) is 63.9 Å². The molecule has 0 saturated heterocycles. The summed E-state index contributed by atoms with van der Waals surface area (Å²) < 4.78 is 39.4. The number of alkyl halides is 3. The maximum absolute atomic E-state index is 12.9. The highest BCUT2D eigenvalue weighted by molar-refractivity contribution is 5.80. The highest BCUT2D eigenvalue weighted by Crippen LogP contribution is 2.31. The lowest BCUT2D eigenvalue weighted by molar-refractivity contribution is -0.137. The van der Waals surface area contributed by atoms with Gasteiger partial charge in [0, 0.05) is 5.56 Å². The molecule has 0 aliphatic heterocycles. The number of nitrogens with two attached hydrogens (primary N) is 1. The Balaban J connectivity index is 2.16. The molecule has 0 bridgehead atoms. The first-order valence-electron chi connectivity index (χ1n) is 7.98. The molecule has 7 heteroatoms. The Morgan fingerprint density at radius 1 is 0.962 bits per heavy atom. The summed E-state index contributed by atoms with van der Waals surface area (Å²) in [4.78, 5) is 16.7. The third-order valence-corrected chi connectivity index (χ3v) is 4.24. The van der Waals surface area contributed by atoms with Gasteiger partial charge >= 0.3 is 6.18 Å². The van der Waals surface area contributed by atoms with Crippen molar-refractivity contribution in [2.45, 2.75) is 32.4 Å². The highest BCUT2D eigenvalue weighted by Gasteiger charge is 2.31. The summed E-state index contributed by atoms with van der Waals surface area (Å²) in [6, 6.07) is 10.3. The van der Waals surface area contributed by atoms with Crippen LogP contribution in [0.3, 0.4) is 0 Å². The number of benzene rings is 2. The Morgan fingerprint density at radius 2 is 1.54 bits per heavy atom. The smallest absolute Gasteiger partial charge is 0.334 e. The second-order valence-corrected chi connectivity index (χ2v) is 7.17. The molecule has 1 aromatic heterocycles. The van der Waals surface area contributed by atoms with Gasteiger partial charge in [0.1, 0.15) is 0 Å². The summed E-state index contributed by atoms with van der Waals surface area (Å²) in [5.74, 6) is 6.02. The van der Waals surface area contributed by atoms with E-state index in [0.29, 0.717) is 5.56 Å². The minimum atomic E-state index is -4.54. The average Bonchev–Trinajstić information content (AvgIpc) is 2.56. The second kappa shape index (κ2) is 5.86. The maximum Gasteiger partial charge on any atom is 0.416 e. The van der Waals surface area contributed by atoms with Crippen molar-refractivity contribution in [1.29, 1.82) is 0 Å². The first-order valence-corrected chi connectivity index (χ1v) is 7.98. The van der Waals surface area contributed by atoms with E-state index >= 15 is 0 Å². The Labute approximate surface area is 148 Å². The number of aromatic nitrogens is 2. The summed E-state index contributed by atoms with van der Waals surface area (Å²) in [6.45, 7) is 6.23. The number of hydrogen-bond acceptors (Lipinski definition) is 3. The highest BCUT2D eigenvalue weighted by atomic mass is 19.4. The third kappa shape index (κ3) is 3.16. The van der Waals surface area contributed by atoms with E-state index in [4.69, 9.17) is 5.84 Å². The number of hydrogen-bond donors (Lipinski definition) is 1. The van der Waals surface area contributed by atoms with Gasteiger partial charge in [-0.25, -0.2) is 9.66 Å². The lowest BCUT2D eigenvalue weighted by Crippen LogP contribution is -2.30. The van der Waals surface area contributed by atoms with Crippen LogP contribution >= 0.6 is 0 Å². The van der Waals surface area contributed by atoms with Crippen molar-refractivity contribution in [1.82, 2.24) is 9.66 Å². The summed E-state index contributed by atoms with van der Waals surface area (Å²) in [6.07, 6.45) is -4.54. The fourth-order valence-electron chi connectivity index (χ4n) is 2.70. The summed E-state index contributed by atoms with van der Waals surface area (Å²) in [5.41, 5.74) is 0.204. The molecule has 0 aliphatic rings. The molecule has 0 radical (unpaired) electrons. The van der Waals surface area contributed by atoms with E-state index in [0.717, 1.165) is 22.4 Å². The van der Waals surface area contributed by atoms with Gasteiger partial charge in [-0.3, -0.25) is 4.79 Å². The lowest BCUT2D eigenvalue weighted by Gasteiger charge is -2.19. The van der Waals surface area contributed by atoms with Gasteiger partial charge in [0.25, 0.3) is 5.56 Å². The van der Waals surface area contributed by atoms with Crippen LogP contribution in [0.4, 0.5) is 13.2 Å². The fourth-order valence-corrected chi connectivity index (χ4v) is 2.70. The topological polar surface area (TPSA) is 60.9 Å². The molecule has 2 aromatic carbocycles. The number of halogens is 3. The minimum Gasteiger partial charge on any atom is -0.334 e. The number of nitrogen functional groups attached to an aromatic ring is 1. The van der Waals surface area contributed by atoms with E-state index in [1.165, 1.54) is 6.07 Å². The first kappa shape index (κ1) is 18.0. The molecule has 0 aliphatic carbocycles. The molecular formula is C19H18F3N3O. The lowest BCUT2D eigenvalue weighted by atomic mass is 9.86. The average molecular weight is 361 g/mol. The zero-order valence-electron chi connectivity index (χ0n) is 14.6. The molecule has 0 amide bonds. The van der Waals surface area contributed by atoms with Gasteiger partial charge in [0.05, 0.1) is 16.5 Å². The minimum absolute atomic E-state index is 0.0360. The van der Waals surface area contributed by atoms with E-state index in [1.54, 1.807) is 12.1 Å². The zero-order chi connectivity index (χ0) is 19.3. The number of rotatable bonds is 1. The quantitative estimate of drug-likeness (QED) is 0.664. The van der Waals surface area contributed by atoms with Crippen molar-refractivity contribution in [2.75, 3.05) is 5.84 Å². The predicted octanol–water partition coefficient (Wildman–Crippen LogP) is 4.09. The number of nitrogens with zero attached hydrogens (tertiary/aromatic N) is 2. The van der Waals surface area contributed by atoms with E-state index in [2.05, 4.69) is 25.8 Å². The SMILES string of the molecule is CC(C)(C)c1ccc(-c2nc3ccc(C(F)(F)F)cc3c(=O)n2N)cc1. The molecule has 4 nitrogen and oxygen atoms in total. The summed E-state index contributed by atoms with van der Waals surface area (Å²) in [5, 5.41) is -0.169. The maximum atomic E-state index is 12.9. The second-order valence-electron chi connectivity index (χ2n) is 7.17. The van der Waals surface area contributed by atoms with Gasteiger partial charge in [0.2, 0.25) is 0 Å². The van der Waals surface area contributed by atoms with Gasteiger partial charge in [-0.15, -0.1) is 0 Å². The van der Waals surface area contributed by atoms with Crippen LogP contribution in [0.2, 0.25) is 0 Å². The molecule has 136 valence electrons. The van der Waals surface area contributed by atoms with Gasteiger partial charge in [-0.05, 0) is 29.2 Å². The van der Waals surface area contributed by atoms with E-state index in [9.17, 15) is 18.0 Å². The number of fused-ring (bicyclic) bond motifs is 1. The van der Waals surface area contributed by atoms with Gasteiger partial charge in [-0.1, -0.05) is 45.0 Å². The summed E-state index contributed by atoms with van der Waals surface area (Å²) in [7, 11) is 0. The van der Waals surface area contributed by atoms with Crippen molar-refractivity contribution in [3.63, 3.8) is 0 Å². The molecule has 3 aromatic rings. The Morgan fingerprint density at radius 3 is 2.08 bits per heavy atom. The Kier molecular flexibility index (Phi) is 4.05. The van der Waals surface area contributed by atoms with Crippen molar-refractivity contribution >= 4 is 10.9 Å². The van der Waals surface area contributed by atoms with E-state index < -0.39 is 17.3 Å². The van der Waals surface area contributed by atoms with Crippen LogP contribution in [-0.4, -0.2) is 9.66 Å². The largest absolute Gasteiger partial charge is 0.416 e. The van der Waals surface area contributed by atoms with Crippen LogP contribution in [0, 0.1) is 0 Å². The van der Waals surface area contributed by atoms with Gasteiger partial charge < -0.3 is 5.84 Å². The van der Waals surface area contributed by atoms with Crippen LogP contribution in [0.1, 0.15) is 31.9 Å². The Hall–Kier alpha value is -2.83. The molecule has 0 spiro atoms. The third-order valence-electron chi connectivity index (χ3n) is 4.24. The van der Waals surface area contributed by atoms with Gasteiger partial charge in [0.15, 0.2) is 5.82 Å². The zero-order valence-corrected chi connectivity index (χ0v) is 14.6. The van der Waals surface area contributed by atoms with Crippen LogP contribution in [0.15, 0.2) is 47.3 Å².